The molecule has 0 aliphatic carbocycles. The van der Waals surface area contributed by atoms with Gasteiger partial charge in [-0.1, -0.05) is 19.9 Å². The maximum atomic E-state index is 4.06. The summed E-state index contributed by atoms with van der Waals surface area (Å²) in [5.74, 6) is 0.735. The van der Waals surface area contributed by atoms with Crippen LogP contribution in [0, 0.1) is 5.92 Å². The van der Waals surface area contributed by atoms with Crippen molar-refractivity contribution in [2.24, 2.45) is 5.92 Å². The molecule has 0 saturated carbocycles. The lowest BCUT2D eigenvalue weighted by Gasteiger charge is -2.10. The number of hydrogen-bond donors (Lipinski definition) is 1. The fourth-order valence-electron chi connectivity index (χ4n) is 1.69. The number of benzene rings is 1. The Labute approximate surface area is 103 Å². The van der Waals surface area contributed by atoms with Gasteiger partial charge < -0.3 is 9.88 Å². The first-order valence-corrected chi connectivity index (χ1v) is 6.08. The molecule has 90 valence electrons. The van der Waals surface area contributed by atoms with Gasteiger partial charge in [-0.15, -0.1) is 0 Å². The summed E-state index contributed by atoms with van der Waals surface area (Å²) in [5.41, 5.74) is 2.30. The second-order valence-corrected chi connectivity index (χ2v) is 4.63. The van der Waals surface area contributed by atoms with E-state index in [4.69, 9.17) is 0 Å². The lowest BCUT2D eigenvalue weighted by atomic mass is 10.1. The van der Waals surface area contributed by atoms with E-state index in [1.165, 1.54) is 6.42 Å². The van der Waals surface area contributed by atoms with Crippen LogP contribution in [-0.2, 0) is 0 Å². The Balaban J connectivity index is 2.02. The molecule has 1 aromatic carbocycles. The predicted molar refractivity (Wildman–Crippen MR) is 71.5 cm³/mol. The minimum atomic E-state index is 0.735. The normalized spacial score (nSPS) is 10.8. The smallest absolute Gasteiger partial charge is 0.0991 e. The molecule has 0 bridgehead atoms. The minimum absolute atomic E-state index is 0.735. The largest absolute Gasteiger partial charge is 0.385 e. The van der Waals surface area contributed by atoms with E-state index in [1.54, 1.807) is 6.20 Å². The SMILES string of the molecule is CC(C)CCNc1cccc(-n2ccnc2)c1. The Hall–Kier alpha value is -1.77. The van der Waals surface area contributed by atoms with Gasteiger partial charge in [-0.3, -0.25) is 0 Å². The van der Waals surface area contributed by atoms with E-state index in [1.807, 2.05) is 17.1 Å². The van der Waals surface area contributed by atoms with Gasteiger partial charge in [-0.05, 0) is 30.5 Å². The van der Waals surface area contributed by atoms with Crippen molar-refractivity contribution in [3.05, 3.63) is 43.0 Å². The number of aromatic nitrogens is 2. The Morgan fingerprint density at radius 3 is 2.94 bits per heavy atom. The second-order valence-electron chi connectivity index (χ2n) is 4.63. The predicted octanol–water partition coefficient (Wildman–Crippen LogP) is 3.33. The molecule has 0 fully saturated rings. The highest BCUT2D eigenvalue weighted by Crippen LogP contribution is 2.14. The summed E-state index contributed by atoms with van der Waals surface area (Å²) in [4.78, 5) is 4.06. The van der Waals surface area contributed by atoms with Crippen LogP contribution < -0.4 is 5.32 Å². The number of rotatable bonds is 5. The first kappa shape index (κ1) is 11.7. The molecule has 3 nitrogen and oxygen atoms in total. The zero-order valence-electron chi connectivity index (χ0n) is 10.4. The van der Waals surface area contributed by atoms with Crippen molar-refractivity contribution in [3.8, 4) is 5.69 Å². The average Bonchev–Trinajstić information content (AvgIpc) is 2.82. The molecule has 0 unspecified atom stereocenters. The molecule has 1 N–H and O–H groups in total. The molecule has 0 aliphatic heterocycles. The molecule has 0 spiro atoms. The number of anilines is 1. The molecule has 1 heterocycles. The van der Waals surface area contributed by atoms with Gasteiger partial charge in [0.15, 0.2) is 0 Å². The monoisotopic (exact) mass is 229 g/mol. The van der Waals surface area contributed by atoms with Gasteiger partial charge in [-0.25, -0.2) is 4.98 Å². The molecular weight excluding hydrogens is 210 g/mol. The summed E-state index contributed by atoms with van der Waals surface area (Å²) in [6.45, 7) is 5.50. The highest BCUT2D eigenvalue weighted by molar-refractivity contribution is 5.51. The van der Waals surface area contributed by atoms with Crippen molar-refractivity contribution in [1.29, 1.82) is 0 Å². The lowest BCUT2D eigenvalue weighted by Crippen LogP contribution is -2.05. The van der Waals surface area contributed by atoms with Crippen LogP contribution in [0.3, 0.4) is 0 Å². The van der Waals surface area contributed by atoms with Crippen molar-refractivity contribution in [1.82, 2.24) is 9.55 Å². The number of nitrogens with zero attached hydrogens (tertiary/aromatic N) is 2. The average molecular weight is 229 g/mol. The molecule has 0 aliphatic rings. The molecule has 17 heavy (non-hydrogen) atoms. The third kappa shape index (κ3) is 3.34. The van der Waals surface area contributed by atoms with E-state index in [9.17, 15) is 0 Å². The van der Waals surface area contributed by atoms with Crippen LogP contribution in [0.5, 0.6) is 0 Å². The van der Waals surface area contributed by atoms with Gasteiger partial charge >= 0.3 is 0 Å². The first-order chi connectivity index (χ1) is 8.25. The topological polar surface area (TPSA) is 29.9 Å². The quantitative estimate of drug-likeness (QED) is 0.852. The zero-order chi connectivity index (χ0) is 12.1. The van der Waals surface area contributed by atoms with Gasteiger partial charge in [0.25, 0.3) is 0 Å². The fraction of sp³-hybridized carbons (Fsp3) is 0.357. The van der Waals surface area contributed by atoms with Crippen molar-refractivity contribution in [3.63, 3.8) is 0 Å². The maximum absolute atomic E-state index is 4.06. The van der Waals surface area contributed by atoms with Crippen molar-refractivity contribution < 1.29 is 0 Å². The lowest BCUT2D eigenvalue weighted by molar-refractivity contribution is 0.607. The van der Waals surface area contributed by atoms with Gasteiger partial charge in [-0.2, -0.15) is 0 Å². The first-order valence-electron chi connectivity index (χ1n) is 6.08. The fourth-order valence-corrected chi connectivity index (χ4v) is 1.69. The summed E-state index contributed by atoms with van der Waals surface area (Å²) >= 11 is 0. The molecule has 0 amide bonds. The molecule has 2 aromatic rings. The van der Waals surface area contributed by atoms with Crippen LogP contribution in [0.25, 0.3) is 5.69 Å². The third-order valence-electron chi connectivity index (χ3n) is 2.70. The standard InChI is InChI=1S/C14H19N3/c1-12(2)6-7-16-13-4-3-5-14(10-13)17-9-8-15-11-17/h3-5,8-12,16H,6-7H2,1-2H3. The number of nitrogens with one attached hydrogen (secondary N) is 1. The van der Waals surface area contributed by atoms with Crippen LogP contribution in [0.2, 0.25) is 0 Å². The summed E-state index contributed by atoms with van der Waals surface area (Å²) in [7, 11) is 0. The number of hydrogen-bond acceptors (Lipinski definition) is 2. The summed E-state index contributed by atoms with van der Waals surface area (Å²) in [6.07, 6.45) is 6.74. The molecule has 2 rings (SSSR count). The maximum Gasteiger partial charge on any atom is 0.0991 e. The Morgan fingerprint density at radius 1 is 1.35 bits per heavy atom. The summed E-state index contributed by atoms with van der Waals surface area (Å²) in [6, 6.07) is 8.38. The van der Waals surface area contributed by atoms with E-state index < -0.39 is 0 Å². The van der Waals surface area contributed by atoms with E-state index in [2.05, 4.69) is 48.4 Å². The van der Waals surface area contributed by atoms with Crippen LogP contribution in [0.4, 0.5) is 5.69 Å². The molecule has 0 saturated heterocycles. The van der Waals surface area contributed by atoms with Gasteiger partial charge in [0.2, 0.25) is 0 Å². The molecule has 1 aromatic heterocycles. The number of imidazole rings is 1. The third-order valence-corrected chi connectivity index (χ3v) is 2.70. The minimum Gasteiger partial charge on any atom is -0.385 e. The molecule has 0 atom stereocenters. The van der Waals surface area contributed by atoms with E-state index in [0.29, 0.717) is 0 Å². The van der Waals surface area contributed by atoms with Crippen LogP contribution in [0.1, 0.15) is 20.3 Å². The highest BCUT2D eigenvalue weighted by atomic mass is 15.0. The van der Waals surface area contributed by atoms with Crippen molar-refractivity contribution in [2.75, 3.05) is 11.9 Å². The Bertz CT molecular complexity index is 446. The zero-order valence-corrected chi connectivity index (χ0v) is 10.4. The van der Waals surface area contributed by atoms with E-state index in [-0.39, 0.29) is 0 Å². The Morgan fingerprint density at radius 2 is 2.24 bits per heavy atom. The van der Waals surface area contributed by atoms with Gasteiger partial charge in [0.05, 0.1) is 6.33 Å². The van der Waals surface area contributed by atoms with Gasteiger partial charge in [0, 0.05) is 30.3 Å². The molecular formula is C14H19N3. The van der Waals surface area contributed by atoms with Crippen LogP contribution in [0.15, 0.2) is 43.0 Å². The molecule has 3 heteroatoms. The van der Waals surface area contributed by atoms with Crippen molar-refractivity contribution in [2.45, 2.75) is 20.3 Å². The van der Waals surface area contributed by atoms with Gasteiger partial charge in [0.1, 0.15) is 0 Å². The van der Waals surface area contributed by atoms with Crippen LogP contribution >= 0.6 is 0 Å². The molecule has 0 radical (unpaired) electrons. The summed E-state index contributed by atoms with van der Waals surface area (Å²) in [5, 5.41) is 3.44. The van der Waals surface area contributed by atoms with Crippen LogP contribution in [-0.4, -0.2) is 16.1 Å². The van der Waals surface area contributed by atoms with E-state index >= 15 is 0 Å². The second kappa shape index (κ2) is 5.53. The van der Waals surface area contributed by atoms with E-state index in [0.717, 1.165) is 23.8 Å². The Kier molecular flexibility index (Phi) is 3.81. The summed E-state index contributed by atoms with van der Waals surface area (Å²) < 4.78 is 2.01. The van der Waals surface area contributed by atoms with Crippen molar-refractivity contribution >= 4 is 5.69 Å². The highest BCUT2D eigenvalue weighted by Gasteiger charge is 1.98.